The molecule has 0 amide bonds. The van der Waals surface area contributed by atoms with Gasteiger partial charge in [-0.1, -0.05) is 58.0 Å². The van der Waals surface area contributed by atoms with Crippen LogP contribution in [0.25, 0.3) is 5.65 Å². The Bertz CT molecular complexity index is 989. The van der Waals surface area contributed by atoms with Gasteiger partial charge in [-0.2, -0.15) is 0 Å². The van der Waals surface area contributed by atoms with E-state index in [9.17, 15) is 4.79 Å². The monoisotopic (exact) mass is 377 g/mol. The zero-order valence-electron chi connectivity index (χ0n) is 17.6. The fraction of sp³-hybridized carbons (Fsp3) is 0.417. The lowest BCUT2D eigenvalue weighted by atomic mass is 9.92. The summed E-state index contributed by atoms with van der Waals surface area (Å²) in [4.78, 5) is 17.1. The largest absolute Gasteiger partial charge is 0.304 e. The maximum absolute atomic E-state index is 12.4. The normalized spacial score (nSPS) is 13.8. The van der Waals surface area contributed by atoms with E-state index in [0.717, 1.165) is 17.7 Å². The van der Waals surface area contributed by atoms with Crippen molar-refractivity contribution in [2.45, 2.75) is 59.5 Å². The van der Waals surface area contributed by atoms with Crippen LogP contribution in [0.2, 0.25) is 0 Å². The molecule has 4 nitrogen and oxygen atoms in total. The summed E-state index contributed by atoms with van der Waals surface area (Å²) in [5, 5.41) is 3.61. The molecule has 0 aliphatic heterocycles. The van der Waals surface area contributed by atoms with Gasteiger partial charge in [-0.05, 0) is 47.9 Å². The van der Waals surface area contributed by atoms with E-state index in [0.29, 0.717) is 24.0 Å². The highest BCUT2D eigenvalue weighted by Gasteiger charge is 2.16. The summed E-state index contributed by atoms with van der Waals surface area (Å²) >= 11 is 0. The van der Waals surface area contributed by atoms with Crippen LogP contribution in [0, 0.1) is 12.8 Å². The molecule has 2 aromatic heterocycles. The number of fused-ring (bicyclic) bond motifs is 1. The van der Waals surface area contributed by atoms with E-state index in [4.69, 9.17) is 0 Å². The fourth-order valence-electron chi connectivity index (χ4n) is 3.57. The average Bonchev–Trinajstić information content (AvgIpc) is 2.68. The first kappa shape index (κ1) is 20.3. The molecule has 2 atom stereocenters. The molecule has 148 valence electrons. The SMILES string of the molecule is CC[C@H](C)c1ccc([C@@H](NCc2cc(=O)n3cc(C)ccc3n2)C(C)C)cc1. The van der Waals surface area contributed by atoms with Crippen LogP contribution in [-0.4, -0.2) is 9.38 Å². The molecule has 28 heavy (non-hydrogen) atoms. The van der Waals surface area contributed by atoms with Crippen molar-refractivity contribution < 1.29 is 0 Å². The summed E-state index contributed by atoms with van der Waals surface area (Å²) < 4.78 is 1.60. The van der Waals surface area contributed by atoms with Crippen LogP contribution in [0.15, 0.2) is 53.5 Å². The van der Waals surface area contributed by atoms with Gasteiger partial charge >= 0.3 is 0 Å². The van der Waals surface area contributed by atoms with Crippen molar-refractivity contribution in [3.05, 3.63) is 81.4 Å². The van der Waals surface area contributed by atoms with Crippen LogP contribution >= 0.6 is 0 Å². The maximum Gasteiger partial charge on any atom is 0.258 e. The van der Waals surface area contributed by atoms with Gasteiger partial charge in [-0.3, -0.25) is 9.20 Å². The molecule has 3 rings (SSSR count). The van der Waals surface area contributed by atoms with Crippen LogP contribution in [0.1, 0.15) is 68.5 Å². The van der Waals surface area contributed by atoms with Crippen molar-refractivity contribution in [2.75, 3.05) is 0 Å². The summed E-state index contributed by atoms with van der Waals surface area (Å²) in [5.41, 5.74) is 5.13. The van der Waals surface area contributed by atoms with E-state index < -0.39 is 0 Å². The summed E-state index contributed by atoms with van der Waals surface area (Å²) in [6.07, 6.45) is 2.98. The third-order valence-corrected chi connectivity index (χ3v) is 5.51. The van der Waals surface area contributed by atoms with Crippen LogP contribution < -0.4 is 10.9 Å². The van der Waals surface area contributed by atoms with Crippen LogP contribution in [0.3, 0.4) is 0 Å². The summed E-state index contributed by atoms with van der Waals surface area (Å²) in [5.74, 6) is 1.01. The minimum atomic E-state index is -0.0375. The molecular weight excluding hydrogens is 346 g/mol. The minimum Gasteiger partial charge on any atom is -0.304 e. The van der Waals surface area contributed by atoms with Gasteiger partial charge in [0.05, 0.1) is 5.69 Å². The third kappa shape index (κ3) is 4.50. The summed E-state index contributed by atoms with van der Waals surface area (Å²) in [7, 11) is 0. The van der Waals surface area contributed by atoms with Crippen molar-refractivity contribution >= 4 is 5.65 Å². The van der Waals surface area contributed by atoms with E-state index in [1.54, 1.807) is 10.5 Å². The van der Waals surface area contributed by atoms with Crippen LogP contribution in [0.5, 0.6) is 0 Å². The molecule has 0 unspecified atom stereocenters. The molecule has 1 aromatic carbocycles. The Morgan fingerprint density at radius 1 is 1.04 bits per heavy atom. The van der Waals surface area contributed by atoms with E-state index in [1.165, 1.54) is 11.1 Å². The van der Waals surface area contributed by atoms with Crippen LogP contribution in [0.4, 0.5) is 0 Å². The highest BCUT2D eigenvalue weighted by Crippen LogP contribution is 2.25. The van der Waals surface area contributed by atoms with Crippen molar-refractivity contribution in [3.63, 3.8) is 0 Å². The Balaban J connectivity index is 1.79. The summed E-state index contributed by atoms with van der Waals surface area (Å²) in [6.45, 7) is 11.4. The first-order chi connectivity index (χ1) is 13.4. The van der Waals surface area contributed by atoms with Gasteiger partial charge in [0.25, 0.3) is 5.56 Å². The lowest BCUT2D eigenvalue weighted by Crippen LogP contribution is -2.27. The quantitative estimate of drug-likeness (QED) is 0.630. The molecule has 0 saturated heterocycles. The number of nitrogens with one attached hydrogen (secondary N) is 1. The van der Waals surface area contributed by atoms with E-state index in [1.807, 2.05) is 25.3 Å². The molecule has 3 aromatic rings. The number of hydrogen-bond donors (Lipinski definition) is 1. The van der Waals surface area contributed by atoms with E-state index in [2.05, 4.69) is 62.3 Å². The average molecular weight is 378 g/mol. The Hall–Kier alpha value is -2.46. The highest BCUT2D eigenvalue weighted by atomic mass is 16.1. The second-order valence-electron chi connectivity index (χ2n) is 8.10. The number of pyridine rings is 1. The standard InChI is InChI=1S/C24H31N3O/c1-6-18(5)19-8-10-20(11-9-19)24(16(2)3)25-14-21-13-23(28)27-15-17(4)7-12-22(27)26-21/h7-13,15-16,18,24-25H,6,14H2,1-5H3/t18-,24-/m0/s1. The molecule has 0 spiro atoms. The van der Waals surface area contributed by atoms with Gasteiger partial charge in [0, 0.05) is 24.8 Å². The van der Waals surface area contributed by atoms with Gasteiger partial charge in [0.1, 0.15) is 5.65 Å². The number of aromatic nitrogens is 2. The molecule has 0 aliphatic carbocycles. The van der Waals surface area contributed by atoms with E-state index in [-0.39, 0.29) is 11.6 Å². The van der Waals surface area contributed by atoms with Crippen molar-refractivity contribution in [1.29, 1.82) is 0 Å². The Kier molecular flexibility index (Phi) is 6.30. The molecule has 0 fully saturated rings. The molecule has 0 saturated carbocycles. The zero-order valence-corrected chi connectivity index (χ0v) is 17.6. The molecule has 2 heterocycles. The zero-order chi connectivity index (χ0) is 20.3. The lowest BCUT2D eigenvalue weighted by Gasteiger charge is -2.23. The number of nitrogens with zero attached hydrogens (tertiary/aromatic N) is 2. The molecule has 0 radical (unpaired) electrons. The van der Waals surface area contributed by atoms with Crippen molar-refractivity contribution in [1.82, 2.24) is 14.7 Å². The first-order valence-electron chi connectivity index (χ1n) is 10.2. The van der Waals surface area contributed by atoms with Crippen molar-refractivity contribution in [2.24, 2.45) is 5.92 Å². The molecule has 0 aliphatic rings. The topological polar surface area (TPSA) is 46.4 Å². The maximum atomic E-state index is 12.4. The van der Waals surface area contributed by atoms with Crippen LogP contribution in [-0.2, 0) is 6.54 Å². The fourth-order valence-corrected chi connectivity index (χ4v) is 3.57. The van der Waals surface area contributed by atoms with Crippen molar-refractivity contribution in [3.8, 4) is 0 Å². The predicted octanol–water partition coefficient (Wildman–Crippen LogP) is 5.00. The molecule has 1 N–H and O–H groups in total. The van der Waals surface area contributed by atoms with Gasteiger partial charge < -0.3 is 5.32 Å². The highest BCUT2D eigenvalue weighted by molar-refractivity contribution is 5.40. The van der Waals surface area contributed by atoms with E-state index >= 15 is 0 Å². The second kappa shape index (κ2) is 8.70. The Morgan fingerprint density at radius 2 is 1.71 bits per heavy atom. The molecule has 0 bridgehead atoms. The van der Waals surface area contributed by atoms with Gasteiger partial charge in [-0.15, -0.1) is 0 Å². The lowest BCUT2D eigenvalue weighted by molar-refractivity contribution is 0.408. The summed E-state index contributed by atoms with van der Waals surface area (Å²) in [6, 6.07) is 14.7. The van der Waals surface area contributed by atoms with Gasteiger partial charge in [0.2, 0.25) is 0 Å². The van der Waals surface area contributed by atoms with Gasteiger partial charge in [0.15, 0.2) is 0 Å². The Labute approximate surface area is 167 Å². The second-order valence-corrected chi connectivity index (χ2v) is 8.10. The number of rotatable bonds is 7. The molecule has 4 heteroatoms. The number of hydrogen-bond acceptors (Lipinski definition) is 3. The third-order valence-electron chi connectivity index (χ3n) is 5.51. The van der Waals surface area contributed by atoms with Gasteiger partial charge in [-0.25, -0.2) is 4.98 Å². The number of aryl methyl sites for hydroxylation is 1. The first-order valence-corrected chi connectivity index (χ1v) is 10.2. The smallest absolute Gasteiger partial charge is 0.258 e. The number of benzene rings is 1. The molecular formula is C24H31N3O. The Morgan fingerprint density at radius 3 is 2.36 bits per heavy atom. The minimum absolute atomic E-state index is 0.0375. The predicted molar refractivity (Wildman–Crippen MR) is 116 cm³/mol.